The molecule has 0 spiro atoms. The summed E-state index contributed by atoms with van der Waals surface area (Å²) in [5, 5.41) is 3.39. The lowest BCUT2D eigenvalue weighted by Crippen LogP contribution is -2.11. The molecule has 20 heavy (non-hydrogen) atoms. The van der Waals surface area contributed by atoms with E-state index in [1.54, 1.807) is 24.3 Å². The average molecular weight is 402 g/mol. The standard InChI is InChI=1S/C15H13ClINO2/c1-2-20-12-6-4-11(5-7-12)18-15(19)10-3-8-14(17)13(16)9-10/h3-9H,2H2,1H3,(H,18,19). The van der Waals surface area contributed by atoms with Crippen molar-refractivity contribution in [2.75, 3.05) is 11.9 Å². The van der Waals surface area contributed by atoms with E-state index >= 15 is 0 Å². The number of hydrogen-bond acceptors (Lipinski definition) is 2. The van der Waals surface area contributed by atoms with Crippen LogP contribution in [0, 0.1) is 3.57 Å². The maximum absolute atomic E-state index is 12.1. The van der Waals surface area contributed by atoms with Crippen molar-refractivity contribution in [3.8, 4) is 5.75 Å². The number of carbonyl (C=O) groups excluding carboxylic acids is 1. The zero-order valence-electron chi connectivity index (χ0n) is 10.8. The van der Waals surface area contributed by atoms with Crippen LogP contribution in [-0.4, -0.2) is 12.5 Å². The van der Waals surface area contributed by atoms with E-state index in [1.165, 1.54) is 0 Å². The molecule has 0 heterocycles. The molecule has 0 radical (unpaired) electrons. The number of ether oxygens (including phenoxy) is 1. The van der Waals surface area contributed by atoms with Crippen molar-refractivity contribution < 1.29 is 9.53 Å². The number of halogens is 2. The molecule has 0 aliphatic heterocycles. The Labute approximate surface area is 136 Å². The molecule has 2 aromatic rings. The molecule has 0 saturated heterocycles. The fraction of sp³-hybridized carbons (Fsp3) is 0.133. The summed E-state index contributed by atoms with van der Waals surface area (Å²) in [5.74, 6) is 0.593. The topological polar surface area (TPSA) is 38.3 Å². The highest BCUT2D eigenvalue weighted by Gasteiger charge is 2.08. The van der Waals surface area contributed by atoms with Crippen molar-refractivity contribution in [3.05, 3.63) is 56.6 Å². The fourth-order valence-corrected chi connectivity index (χ4v) is 2.16. The van der Waals surface area contributed by atoms with Gasteiger partial charge in [-0.1, -0.05) is 11.6 Å². The maximum Gasteiger partial charge on any atom is 0.255 e. The third-order valence-electron chi connectivity index (χ3n) is 2.60. The van der Waals surface area contributed by atoms with Crippen LogP contribution in [0.4, 0.5) is 5.69 Å². The van der Waals surface area contributed by atoms with E-state index in [2.05, 4.69) is 27.9 Å². The van der Waals surface area contributed by atoms with E-state index in [0.717, 1.165) is 9.32 Å². The van der Waals surface area contributed by atoms with Crippen molar-refractivity contribution in [2.45, 2.75) is 6.92 Å². The van der Waals surface area contributed by atoms with Crippen molar-refractivity contribution in [3.63, 3.8) is 0 Å². The molecule has 5 heteroatoms. The Morgan fingerprint density at radius 1 is 1.25 bits per heavy atom. The Hall–Kier alpha value is -1.27. The Kier molecular flexibility index (Phi) is 5.25. The molecule has 2 rings (SSSR count). The highest BCUT2D eigenvalue weighted by atomic mass is 127. The zero-order chi connectivity index (χ0) is 14.5. The molecule has 3 nitrogen and oxygen atoms in total. The number of rotatable bonds is 4. The lowest BCUT2D eigenvalue weighted by molar-refractivity contribution is 0.102. The van der Waals surface area contributed by atoms with Crippen LogP contribution < -0.4 is 10.1 Å². The first-order valence-electron chi connectivity index (χ1n) is 6.09. The third kappa shape index (κ3) is 3.86. The SMILES string of the molecule is CCOc1ccc(NC(=O)c2ccc(I)c(Cl)c2)cc1. The minimum Gasteiger partial charge on any atom is -0.494 e. The zero-order valence-corrected chi connectivity index (χ0v) is 13.7. The second-order valence-electron chi connectivity index (χ2n) is 4.04. The van der Waals surface area contributed by atoms with Crippen LogP contribution in [0.5, 0.6) is 5.75 Å². The quantitative estimate of drug-likeness (QED) is 0.761. The lowest BCUT2D eigenvalue weighted by atomic mass is 10.2. The Morgan fingerprint density at radius 2 is 1.95 bits per heavy atom. The second-order valence-corrected chi connectivity index (χ2v) is 5.61. The molecular formula is C15H13ClINO2. The molecule has 1 amide bonds. The molecule has 0 bridgehead atoms. The van der Waals surface area contributed by atoms with Gasteiger partial charge in [0, 0.05) is 14.8 Å². The molecule has 104 valence electrons. The van der Waals surface area contributed by atoms with E-state index in [-0.39, 0.29) is 5.91 Å². The van der Waals surface area contributed by atoms with Crippen LogP contribution in [0.25, 0.3) is 0 Å². The highest BCUT2D eigenvalue weighted by Crippen LogP contribution is 2.21. The highest BCUT2D eigenvalue weighted by molar-refractivity contribution is 14.1. The van der Waals surface area contributed by atoms with E-state index in [9.17, 15) is 4.79 Å². The van der Waals surface area contributed by atoms with Crippen LogP contribution in [0.15, 0.2) is 42.5 Å². The van der Waals surface area contributed by atoms with Gasteiger partial charge in [-0.25, -0.2) is 0 Å². The summed E-state index contributed by atoms with van der Waals surface area (Å²) in [6, 6.07) is 12.5. The number of nitrogens with one attached hydrogen (secondary N) is 1. The third-order valence-corrected chi connectivity index (χ3v) is 4.18. The van der Waals surface area contributed by atoms with Gasteiger partial charge >= 0.3 is 0 Å². The van der Waals surface area contributed by atoms with Crippen molar-refractivity contribution in [2.24, 2.45) is 0 Å². The monoisotopic (exact) mass is 401 g/mol. The first kappa shape index (κ1) is 15.1. The van der Waals surface area contributed by atoms with Crippen LogP contribution in [-0.2, 0) is 0 Å². The average Bonchev–Trinajstić information content (AvgIpc) is 2.44. The molecule has 0 fully saturated rings. The van der Waals surface area contributed by atoms with Gasteiger partial charge in [-0.3, -0.25) is 4.79 Å². The summed E-state index contributed by atoms with van der Waals surface area (Å²) < 4.78 is 6.27. The summed E-state index contributed by atoms with van der Waals surface area (Å²) in [7, 11) is 0. The lowest BCUT2D eigenvalue weighted by Gasteiger charge is -2.07. The first-order chi connectivity index (χ1) is 9.60. The van der Waals surface area contributed by atoms with Crippen LogP contribution in [0.3, 0.4) is 0 Å². The molecule has 0 saturated carbocycles. The van der Waals surface area contributed by atoms with Crippen LogP contribution >= 0.6 is 34.2 Å². The van der Waals surface area contributed by atoms with E-state index in [4.69, 9.17) is 16.3 Å². The first-order valence-corrected chi connectivity index (χ1v) is 7.55. The maximum atomic E-state index is 12.1. The van der Waals surface area contributed by atoms with Gasteiger partial charge in [0.2, 0.25) is 0 Å². The molecule has 0 aromatic heterocycles. The van der Waals surface area contributed by atoms with Crippen molar-refractivity contribution >= 4 is 45.8 Å². The number of amides is 1. The number of anilines is 1. The summed E-state index contributed by atoms with van der Waals surface area (Å²) in [5.41, 5.74) is 1.25. The molecule has 0 unspecified atom stereocenters. The van der Waals surface area contributed by atoms with E-state index < -0.39 is 0 Å². The summed E-state index contributed by atoms with van der Waals surface area (Å²) in [4.78, 5) is 12.1. The van der Waals surface area contributed by atoms with E-state index in [1.807, 2.05) is 25.1 Å². The van der Waals surface area contributed by atoms with Gasteiger partial charge in [-0.2, -0.15) is 0 Å². The second kappa shape index (κ2) is 6.95. The van der Waals surface area contributed by atoms with E-state index in [0.29, 0.717) is 22.9 Å². The molecule has 0 atom stereocenters. The number of hydrogen-bond donors (Lipinski definition) is 1. The van der Waals surface area contributed by atoms with Gasteiger partial charge in [0.05, 0.1) is 11.6 Å². The Bertz CT molecular complexity index is 614. The molecule has 2 aromatic carbocycles. The smallest absolute Gasteiger partial charge is 0.255 e. The van der Waals surface area contributed by atoms with Gasteiger partial charge in [-0.05, 0) is 72.0 Å². The molecule has 0 aliphatic carbocycles. The van der Waals surface area contributed by atoms with Gasteiger partial charge in [0.25, 0.3) is 5.91 Å². The fourth-order valence-electron chi connectivity index (χ4n) is 1.64. The predicted octanol–water partition coefficient (Wildman–Crippen LogP) is 4.60. The molecular weight excluding hydrogens is 389 g/mol. The molecule has 1 N–H and O–H groups in total. The number of benzene rings is 2. The van der Waals surface area contributed by atoms with Crippen molar-refractivity contribution in [1.82, 2.24) is 0 Å². The number of carbonyl (C=O) groups is 1. The Balaban J connectivity index is 2.08. The summed E-state index contributed by atoms with van der Waals surface area (Å²) >= 11 is 8.13. The normalized spacial score (nSPS) is 10.2. The van der Waals surface area contributed by atoms with Crippen LogP contribution in [0.2, 0.25) is 5.02 Å². The minimum atomic E-state index is -0.188. The largest absolute Gasteiger partial charge is 0.494 e. The van der Waals surface area contributed by atoms with Crippen LogP contribution in [0.1, 0.15) is 17.3 Å². The van der Waals surface area contributed by atoms with Gasteiger partial charge in [0.15, 0.2) is 0 Å². The van der Waals surface area contributed by atoms with Crippen molar-refractivity contribution in [1.29, 1.82) is 0 Å². The summed E-state index contributed by atoms with van der Waals surface area (Å²) in [6.07, 6.45) is 0. The van der Waals surface area contributed by atoms with Gasteiger partial charge in [0.1, 0.15) is 5.75 Å². The summed E-state index contributed by atoms with van der Waals surface area (Å²) in [6.45, 7) is 2.54. The minimum absolute atomic E-state index is 0.188. The molecule has 0 aliphatic rings. The Morgan fingerprint density at radius 3 is 2.55 bits per heavy atom. The predicted molar refractivity (Wildman–Crippen MR) is 89.7 cm³/mol. The van der Waals surface area contributed by atoms with Gasteiger partial charge < -0.3 is 10.1 Å². The van der Waals surface area contributed by atoms with Gasteiger partial charge in [-0.15, -0.1) is 0 Å².